The molecule has 2 rings (SSSR count). The molecule has 1 unspecified atom stereocenters. The molecule has 0 bridgehead atoms. The van der Waals surface area contributed by atoms with E-state index in [-0.39, 0.29) is 0 Å². The van der Waals surface area contributed by atoms with Crippen molar-refractivity contribution in [3.63, 3.8) is 0 Å². The minimum absolute atomic E-state index is 0.356. The Morgan fingerprint density at radius 2 is 2.00 bits per heavy atom. The molecule has 0 aliphatic rings. The zero-order valence-electron chi connectivity index (χ0n) is 11.8. The second-order valence-electron chi connectivity index (χ2n) is 4.81. The molecule has 0 fully saturated rings. The Bertz CT molecular complexity index is 567. The van der Waals surface area contributed by atoms with E-state index in [2.05, 4.69) is 11.9 Å². The second-order valence-corrected chi connectivity index (χ2v) is 4.81. The summed E-state index contributed by atoms with van der Waals surface area (Å²) in [5, 5.41) is 10.4. The SMILES string of the molecule is CCCOc1ccc(C(O)c2cc(C)cnc2N)cc1. The van der Waals surface area contributed by atoms with E-state index in [1.54, 1.807) is 6.20 Å². The van der Waals surface area contributed by atoms with Crippen LogP contribution in [0.5, 0.6) is 5.75 Å². The predicted octanol–water partition coefficient (Wildman–Crippen LogP) is 2.84. The lowest BCUT2D eigenvalue weighted by atomic mass is 10.0. The fourth-order valence-electron chi connectivity index (χ4n) is 1.97. The van der Waals surface area contributed by atoms with E-state index in [4.69, 9.17) is 10.5 Å². The van der Waals surface area contributed by atoms with Crippen LogP contribution >= 0.6 is 0 Å². The molecule has 0 amide bonds. The molecule has 1 aromatic heterocycles. The molecular formula is C16H20N2O2. The summed E-state index contributed by atoms with van der Waals surface area (Å²) in [6, 6.07) is 9.25. The smallest absolute Gasteiger partial charge is 0.129 e. The summed E-state index contributed by atoms with van der Waals surface area (Å²) >= 11 is 0. The fourth-order valence-corrected chi connectivity index (χ4v) is 1.97. The van der Waals surface area contributed by atoms with Crippen LogP contribution in [0.4, 0.5) is 5.82 Å². The number of nitrogens with zero attached hydrogens (tertiary/aromatic N) is 1. The molecule has 0 aliphatic heterocycles. The Morgan fingerprint density at radius 1 is 1.30 bits per heavy atom. The zero-order chi connectivity index (χ0) is 14.5. The third-order valence-electron chi connectivity index (χ3n) is 3.05. The monoisotopic (exact) mass is 272 g/mol. The zero-order valence-corrected chi connectivity index (χ0v) is 11.8. The van der Waals surface area contributed by atoms with Gasteiger partial charge in [0.05, 0.1) is 6.61 Å². The van der Waals surface area contributed by atoms with E-state index >= 15 is 0 Å². The number of aromatic nitrogens is 1. The number of benzene rings is 1. The van der Waals surface area contributed by atoms with Crippen molar-refractivity contribution in [3.05, 3.63) is 53.2 Å². The molecule has 3 N–H and O–H groups in total. The number of aliphatic hydroxyl groups is 1. The van der Waals surface area contributed by atoms with Crippen molar-refractivity contribution in [2.75, 3.05) is 12.3 Å². The summed E-state index contributed by atoms with van der Waals surface area (Å²) in [5.74, 6) is 1.16. The van der Waals surface area contributed by atoms with Crippen LogP contribution in [0.2, 0.25) is 0 Å². The van der Waals surface area contributed by atoms with Crippen LogP contribution in [0.1, 0.15) is 36.1 Å². The van der Waals surface area contributed by atoms with Crippen LogP contribution in [0, 0.1) is 6.92 Å². The van der Waals surface area contributed by atoms with Gasteiger partial charge in [0.1, 0.15) is 17.7 Å². The molecule has 0 radical (unpaired) electrons. The lowest BCUT2D eigenvalue weighted by molar-refractivity contribution is 0.220. The number of ether oxygens (including phenoxy) is 1. The molecule has 4 nitrogen and oxygen atoms in total. The number of rotatable bonds is 5. The molecular weight excluding hydrogens is 252 g/mol. The van der Waals surface area contributed by atoms with Crippen molar-refractivity contribution >= 4 is 5.82 Å². The van der Waals surface area contributed by atoms with Crippen molar-refractivity contribution in [3.8, 4) is 5.75 Å². The molecule has 2 aromatic rings. The first-order chi connectivity index (χ1) is 9.61. The topological polar surface area (TPSA) is 68.4 Å². The normalized spacial score (nSPS) is 12.2. The third kappa shape index (κ3) is 3.27. The molecule has 4 heteroatoms. The van der Waals surface area contributed by atoms with Crippen LogP contribution in [0.3, 0.4) is 0 Å². The highest BCUT2D eigenvalue weighted by atomic mass is 16.5. The maximum atomic E-state index is 10.4. The quantitative estimate of drug-likeness (QED) is 0.878. The fraction of sp³-hybridized carbons (Fsp3) is 0.312. The highest BCUT2D eigenvalue weighted by Gasteiger charge is 2.14. The molecule has 20 heavy (non-hydrogen) atoms. The van der Waals surface area contributed by atoms with Gasteiger partial charge >= 0.3 is 0 Å². The highest BCUT2D eigenvalue weighted by Crippen LogP contribution is 2.27. The Hall–Kier alpha value is -2.07. The van der Waals surface area contributed by atoms with Gasteiger partial charge in [0, 0.05) is 11.8 Å². The van der Waals surface area contributed by atoms with Gasteiger partial charge in [-0.1, -0.05) is 19.1 Å². The lowest BCUT2D eigenvalue weighted by Crippen LogP contribution is -2.06. The number of hydrogen-bond donors (Lipinski definition) is 2. The Kier molecular flexibility index (Phi) is 4.58. The molecule has 1 aromatic carbocycles. The number of nitrogens with two attached hydrogens (primary N) is 1. The van der Waals surface area contributed by atoms with Gasteiger partial charge in [-0.25, -0.2) is 4.98 Å². The highest BCUT2D eigenvalue weighted by molar-refractivity contribution is 5.46. The number of hydrogen-bond acceptors (Lipinski definition) is 4. The maximum Gasteiger partial charge on any atom is 0.129 e. The molecule has 0 saturated carbocycles. The van der Waals surface area contributed by atoms with Gasteiger partial charge in [0.2, 0.25) is 0 Å². The van der Waals surface area contributed by atoms with Gasteiger partial charge in [-0.15, -0.1) is 0 Å². The number of anilines is 1. The number of pyridine rings is 1. The summed E-state index contributed by atoms with van der Waals surface area (Å²) in [5.41, 5.74) is 8.20. The van der Waals surface area contributed by atoms with Crippen LogP contribution < -0.4 is 10.5 Å². The first-order valence-electron chi connectivity index (χ1n) is 6.74. The van der Waals surface area contributed by atoms with E-state index in [0.717, 1.165) is 23.3 Å². The van der Waals surface area contributed by atoms with Crippen LogP contribution in [0.25, 0.3) is 0 Å². The van der Waals surface area contributed by atoms with Crippen molar-refractivity contribution in [2.24, 2.45) is 0 Å². The first-order valence-corrected chi connectivity index (χ1v) is 6.74. The Labute approximate surface area is 119 Å². The van der Waals surface area contributed by atoms with Gasteiger partial charge in [0.25, 0.3) is 0 Å². The maximum absolute atomic E-state index is 10.4. The summed E-state index contributed by atoms with van der Waals surface area (Å²) in [7, 11) is 0. The van der Waals surface area contributed by atoms with Crippen molar-refractivity contribution in [2.45, 2.75) is 26.4 Å². The predicted molar refractivity (Wildman–Crippen MR) is 79.7 cm³/mol. The minimum atomic E-state index is -0.775. The minimum Gasteiger partial charge on any atom is -0.494 e. The largest absolute Gasteiger partial charge is 0.494 e. The molecule has 0 saturated heterocycles. The number of aryl methyl sites for hydroxylation is 1. The summed E-state index contributed by atoms with van der Waals surface area (Å²) in [6.07, 6.45) is 1.88. The summed E-state index contributed by atoms with van der Waals surface area (Å²) in [6.45, 7) is 4.67. The summed E-state index contributed by atoms with van der Waals surface area (Å²) in [4.78, 5) is 4.08. The standard InChI is InChI=1S/C16H20N2O2/c1-3-8-20-13-6-4-12(5-7-13)15(19)14-9-11(2)10-18-16(14)17/h4-7,9-10,15,19H,3,8H2,1-2H3,(H2,17,18). The average Bonchev–Trinajstić information content (AvgIpc) is 2.47. The van der Waals surface area contributed by atoms with E-state index in [0.29, 0.717) is 18.0 Å². The van der Waals surface area contributed by atoms with Gasteiger partial charge in [-0.05, 0) is 42.7 Å². The molecule has 0 aliphatic carbocycles. The molecule has 0 spiro atoms. The molecule has 1 atom stereocenters. The Morgan fingerprint density at radius 3 is 2.65 bits per heavy atom. The van der Waals surface area contributed by atoms with Crippen LogP contribution in [-0.4, -0.2) is 16.7 Å². The average molecular weight is 272 g/mol. The number of nitrogen functional groups attached to an aromatic ring is 1. The van der Waals surface area contributed by atoms with E-state index < -0.39 is 6.10 Å². The number of aliphatic hydroxyl groups excluding tert-OH is 1. The van der Waals surface area contributed by atoms with Gasteiger partial charge in [-0.3, -0.25) is 0 Å². The van der Waals surface area contributed by atoms with E-state index in [1.165, 1.54) is 0 Å². The van der Waals surface area contributed by atoms with Gasteiger partial charge < -0.3 is 15.6 Å². The van der Waals surface area contributed by atoms with Crippen molar-refractivity contribution in [1.82, 2.24) is 4.98 Å². The van der Waals surface area contributed by atoms with Crippen molar-refractivity contribution in [1.29, 1.82) is 0 Å². The Balaban J connectivity index is 2.20. The second kappa shape index (κ2) is 6.39. The summed E-state index contributed by atoms with van der Waals surface area (Å²) < 4.78 is 5.52. The van der Waals surface area contributed by atoms with Gasteiger partial charge in [0.15, 0.2) is 0 Å². The van der Waals surface area contributed by atoms with Gasteiger partial charge in [-0.2, -0.15) is 0 Å². The van der Waals surface area contributed by atoms with Crippen LogP contribution in [-0.2, 0) is 0 Å². The van der Waals surface area contributed by atoms with Crippen molar-refractivity contribution < 1.29 is 9.84 Å². The lowest BCUT2D eigenvalue weighted by Gasteiger charge is -2.14. The third-order valence-corrected chi connectivity index (χ3v) is 3.05. The van der Waals surface area contributed by atoms with E-state index in [1.807, 2.05) is 37.3 Å². The molecule has 1 heterocycles. The van der Waals surface area contributed by atoms with Crippen LogP contribution in [0.15, 0.2) is 36.5 Å². The first kappa shape index (κ1) is 14.3. The molecule has 106 valence electrons. The van der Waals surface area contributed by atoms with E-state index in [9.17, 15) is 5.11 Å².